The van der Waals surface area contributed by atoms with E-state index in [0.29, 0.717) is 26.1 Å². The fraction of sp³-hybridized carbons (Fsp3) is 0.571. The molecule has 0 saturated heterocycles. The molecule has 21 heavy (non-hydrogen) atoms. The van der Waals surface area contributed by atoms with Gasteiger partial charge in [0.1, 0.15) is 0 Å². The van der Waals surface area contributed by atoms with Crippen molar-refractivity contribution < 1.29 is 18.3 Å². The number of rotatable bonds is 10. The maximum absolute atomic E-state index is 12.1. The van der Waals surface area contributed by atoms with E-state index in [1.165, 1.54) is 0 Å². The molecular weight excluding hydrogens is 292 g/mol. The van der Waals surface area contributed by atoms with E-state index in [1.807, 2.05) is 11.9 Å². The zero-order valence-corrected chi connectivity index (χ0v) is 13.4. The molecule has 0 aliphatic rings. The number of hydrogen-bond donors (Lipinski definition) is 2. The van der Waals surface area contributed by atoms with Gasteiger partial charge in [-0.1, -0.05) is 12.1 Å². The standard InChI is InChI=1S/C14H24N2O4S/c1-16(10-12-20-2)9-8-15-21(18,19)14-5-3-13(4-6-14)7-11-17/h3-6,15,17H,7-12H2,1-2H3. The number of ether oxygens (including phenoxy) is 1. The highest BCUT2D eigenvalue weighted by Crippen LogP contribution is 2.10. The number of sulfonamides is 1. The van der Waals surface area contributed by atoms with Gasteiger partial charge in [0, 0.05) is 33.4 Å². The molecular formula is C14H24N2O4S. The van der Waals surface area contributed by atoms with E-state index in [0.717, 1.165) is 12.1 Å². The summed E-state index contributed by atoms with van der Waals surface area (Å²) in [6.07, 6.45) is 0.526. The van der Waals surface area contributed by atoms with E-state index in [9.17, 15) is 8.42 Å². The molecule has 6 nitrogen and oxygen atoms in total. The summed E-state index contributed by atoms with van der Waals surface area (Å²) < 4.78 is 31.7. The zero-order chi connectivity index (χ0) is 15.7. The Morgan fingerprint density at radius 1 is 1.24 bits per heavy atom. The number of aliphatic hydroxyl groups excluding tert-OH is 1. The third-order valence-corrected chi connectivity index (χ3v) is 4.57. The van der Waals surface area contributed by atoms with Crippen LogP contribution in [0.5, 0.6) is 0 Å². The van der Waals surface area contributed by atoms with Gasteiger partial charge in [0.2, 0.25) is 10.0 Å². The first-order valence-corrected chi connectivity index (χ1v) is 8.35. The lowest BCUT2D eigenvalue weighted by Gasteiger charge is -2.16. The number of nitrogens with one attached hydrogen (secondary N) is 1. The Kier molecular flexibility index (Phi) is 7.84. The van der Waals surface area contributed by atoms with Crippen LogP contribution in [-0.2, 0) is 21.2 Å². The highest BCUT2D eigenvalue weighted by Gasteiger charge is 2.13. The van der Waals surface area contributed by atoms with Crippen LogP contribution >= 0.6 is 0 Å². The first kappa shape index (κ1) is 18.1. The fourth-order valence-corrected chi connectivity index (χ4v) is 2.80. The molecule has 0 spiro atoms. The molecule has 0 amide bonds. The second kappa shape index (κ2) is 9.11. The van der Waals surface area contributed by atoms with Crippen LogP contribution in [0.25, 0.3) is 0 Å². The van der Waals surface area contributed by atoms with Gasteiger partial charge in [-0.15, -0.1) is 0 Å². The lowest BCUT2D eigenvalue weighted by atomic mass is 10.2. The van der Waals surface area contributed by atoms with Crippen LogP contribution in [0.15, 0.2) is 29.2 Å². The summed E-state index contributed by atoms with van der Waals surface area (Å²) in [5.74, 6) is 0. The predicted molar refractivity (Wildman–Crippen MR) is 81.8 cm³/mol. The molecule has 0 aliphatic carbocycles. The SMILES string of the molecule is COCCN(C)CCNS(=O)(=O)c1ccc(CCO)cc1. The Labute approximate surface area is 126 Å². The molecule has 120 valence electrons. The van der Waals surface area contributed by atoms with E-state index in [2.05, 4.69) is 4.72 Å². The molecule has 0 bridgehead atoms. The van der Waals surface area contributed by atoms with E-state index >= 15 is 0 Å². The normalized spacial score (nSPS) is 12.0. The maximum Gasteiger partial charge on any atom is 0.240 e. The number of hydrogen-bond acceptors (Lipinski definition) is 5. The lowest BCUT2D eigenvalue weighted by molar-refractivity contribution is 0.162. The van der Waals surface area contributed by atoms with E-state index in [4.69, 9.17) is 9.84 Å². The van der Waals surface area contributed by atoms with Gasteiger partial charge in [0.15, 0.2) is 0 Å². The predicted octanol–water partition coefficient (Wildman–Crippen LogP) is 0.0779. The molecule has 1 aromatic carbocycles. The average molecular weight is 316 g/mol. The molecule has 1 rings (SSSR count). The van der Waals surface area contributed by atoms with Crippen molar-refractivity contribution in [2.45, 2.75) is 11.3 Å². The molecule has 0 atom stereocenters. The maximum atomic E-state index is 12.1. The van der Waals surface area contributed by atoms with Crippen molar-refractivity contribution in [3.63, 3.8) is 0 Å². The largest absolute Gasteiger partial charge is 0.396 e. The van der Waals surface area contributed by atoms with E-state index in [-0.39, 0.29) is 11.5 Å². The molecule has 0 aliphatic heterocycles. The summed E-state index contributed by atoms with van der Waals surface area (Å²) in [6.45, 7) is 2.40. The third kappa shape index (κ3) is 6.54. The highest BCUT2D eigenvalue weighted by molar-refractivity contribution is 7.89. The second-order valence-corrected chi connectivity index (χ2v) is 6.58. The summed E-state index contributed by atoms with van der Waals surface area (Å²) in [7, 11) is 0.0710. The zero-order valence-electron chi connectivity index (χ0n) is 12.6. The van der Waals surface area contributed by atoms with Crippen LogP contribution in [-0.4, -0.2) is 65.4 Å². The molecule has 7 heteroatoms. The van der Waals surface area contributed by atoms with Crippen LogP contribution in [0, 0.1) is 0 Å². The first-order valence-electron chi connectivity index (χ1n) is 6.86. The molecule has 0 radical (unpaired) electrons. The molecule has 1 aromatic rings. The summed E-state index contributed by atoms with van der Waals surface area (Å²) in [4.78, 5) is 2.24. The van der Waals surface area contributed by atoms with Crippen LogP contribution in [0.3, 0.4) is 0 Å². The minimum absolute atomic E-state index is 0.0537. The van der Waals surface area contributed by atoms with Crippen LogP contribution in [0.2, 0.25) is 0 Å². The minimum Gasteiger partial charge on any atom is -0.396 e. The van der Waals surface area contributed by atoms with Crippen molar-refractivity contribution in [1.82, 2.24) is 9.62 Å². The summed E-state index contributed by atoms with van der Waals surface area (Å²) in [5, 5.41) is 8.83. The average Bonchev–Trinajstić information content (AvgIpc) is 2.46. The quantitative estimate of drug-likeness (QED) is 0.639. The van der Waals surface area contributed by atoms with Crippen LogP contribution < -0.4 is 4.72 Å². The Balaban J connectivity index is 2.49. The van der Waals surface area contributed by atoms with Gasteiger partial charge in [-0.25, -0.2) is 13.1 Å². The number of benzene rings is 1. The van der Waals surface area contributed by atoms with Crippen molar-refractivity contribution >= 4 is 10.0 Å². The highest BCUT2D eigenvalue weighted by atomic mass is 32.2. The Hall–Kier alpha value is -0.990. The van der Waals surface area contributed by atoms with E-state index < -0.39 is 10.0 Å². The number of nitrogens with zero attached hydrogens (tertiary/aromatic N) is 1. The first-order chi connectivity index (χ1) is 9.99. The summed E-state index contributed by atoms with van der Waals surface area (Å²) >= 11 is 0. The van der Waals surface area contributed by atoms with E-state index in [1.54, 1.807) is 31.4 Å². The van der Waals surface area contributed by atoms with Crippen LogP contribution in [0.1, 0.15) is 5.56 Å². The van der Waals surface area contributed by atoms with Crippen molar-refractivity contribution in [2.24, 2.45) is 0 Å². The fourth-order valence-electron chi connectivity index (χ4n) is 1.78. The van der Waals surface area contributed by atoms with Gasteiger partial charge in [0.05, 0.1) is 11.5 Å². The third-order valence-electron chi connectivity index (χ3n) is 3.10. The van der Waals surface area contributed by atoms with Crippen molar-refractivity contribution in [1.29, 1.82) is 0 Å². The Morgan fingerprint density at radius 3 is 2.48 bits per heavy atom. The lowest BCUT2D eigenvalue weighted by Crippen LogP contribution is -2.34. The molecule has 0 unspecified atom stereocenters. The van der Waals surface area contributed by atoms with Crippen molar-refractivity contribution in [3.05, 3.63) is 29.8 Å². The monoisotopic (exact) mass is 316 g/mol. The second-order valence-electron chi connectivity index (χ2n) is 4.81. The van der Waals surface area contributed by atoms with Gasteiger partial charge >= 0.3 is 0 Å². The van der Waals surface area contributed by atoms with Gasteiger partial charge in [-0.3, -0.25) is 0 Å². The van der Waals surface area contributed by atoms with Gasteiger partial charge in [-0.05, 0) is 31.2 Å². The van der Waals surface area contributed by atoms with Crippen molar-refractivity contribution in [2.75, 3.05) is 47.0 Å². The van der Waals surface area contributed by atoms with Crippen molar-refractivity contribution in [3.8, 4) is 0 Å². The molecule has 0 saturated carbocycles. The van der Waals surface area contributed by atoms with Gasteiger partial charge in [0.25, 0.3) is 0 Å². The van der Waals surface area contributed by atoms with Crippen LogP contribution in [0.4, 0.5) is 0 Å². The number of aliphatic hydroxyl groups is 1. The molecule has 0 fully saturated rings. The van der Waals surface area contributed by atoms with Gasteiger partial charge < -0.3 is 14.7 Å². The minimum atomic E-state index is -3.48. The Morgan fingerprint density at radius 2 is 1.90 bits per heavy atom. The smallest absolute Gasteiger partial charge is 0.240 e. The topological polar surface area (TPSA) is 78.9 Å². The number of methoxy groups -OCH3 is 1. The molecule has 2 N–H and O–H groups in total. The summed E-state index contributed by atoms with van der Waals surface area (Å²) in [6, 6.07) is 6.55. The number of likely N-dealkylation sites (N-methyl/N-ethyl adjacent to an activating group) is 1. The Bertz CT molecular complexity index is 502. The molecule has 0 aromatic heterocycles. The van der Waals surface area contributed by atoms with Gasteiger partial charge in [-0.2, -0.15) is 0 Å². The molecule has 0 heterocycles. The summed E-state index contributed by atoms with van der Waals surface area (Å²) in [5.41, 5.74) is 0.913.